The van der Waals surface area contributed by atoms with Crippen LogP contribution < -0.4 is 0 Å². The Labute approximate surface area is 148 Å². The van der Waals surface area contributed by atoms with Crippen molar-refractivity contribution in [2.45, 2.75) is 6.42 Å². The van der Waals surface area contributed by atoms with Gasteiger partial charge in [-0.2, -0.15) is 0 Å². The van der Waals surface area contributed by atoms with Crippen molar-refractivity contribution in [3.8, 4) is 12.0 Å². The van der Waals surface area contributed by atoms with E-state index in [1.54, 1.807) is 0 Å². The average Bonchev–Trinajstić information content (AvgIpc) is 2.55. The van der Waals surface area contributed by atoms with Gasteiger partial charge in [0.2, 0.25) is 0 Å². The molecule has 0 bridgehead atoms. The minimum Gasteiger partial charge on any atom is -0.247 e. The monoisotopic (exact) mass is 344 g/mol. The lowest BCUT2D eigenvalue weighted by molar-refractivity contribution is -0.816. The van der Waals surface area contributed by atoms with Gasteiger partial charge in [-0.1, -0.05) is 83.9 Å². The smallest absolute Gasteiger partial charge is 0.137 e. The van der Waals surface area contributed by atoms with Gasteiger partial charge in [0.1, 0.15) is 12.6 Å². The summed E-state index contributed by atoms with van der Waals surface area (Å²) in [7, 11) is 4.05. The van der Waals surface area contributed by atoms with Crippen molar-refractivity contribution < 1.29 is 4.48 Å². The summed E-state index contributed by atoms with van der Waals surface area (Å²) in [6, 6.07) is 23.2. The summed E-state index contributed by atoms with van der Waals surface area (Å²) in [5, 5.41) is 1.21. The van der Waals surface area contributed by atoms with Crippen molar-refractivity contribution >= 4 is 28.2 Å². The van der Waals surface area contributed by atoms with Gasteiger partial charge in [0.05, 0.1) is 24.2 Å². The van der Waals surface area contributed by atoms with Crippen LogP contribution in [0.1, 0.15) is 11.1 Å². The number of nitrogens with zero attached hydrogens (tertiary/aromatic N) is 1. The van der Waals surface area contributed by atoms with Gasteiger partial charge in [0.25, 0.3) is 0 Å². The fourth-order valence-electron chi connectivity index (χ4n) is 2.15. The summed E-state index contributed by atoms with van der Waals surface area (Å²) >= 11 is 12.8. The molecule has 0 spiro atoms. The second kappa shape index (κ2) is 8.22. The highest BCUT2D eigenvalue weighted by Crippen LogP contribution is 2.26. The quantitative estimate of drug-likeness (QED) is 0.533. The highest BCUT2D eigenvalue weighted by molar-refractivity contribution is 6.54. The Kier molecular flexibility index (Phi) is 6.30. The third kappa shape index (κ3) is 5.77. The highest BCUT2D eigenvalue weighted by atomic mass is 35.5. The molecule has 0 fully saturated rings. The van der Waals surface area contributed by atoms with Crippen LogP contribution in [-0.4, -0.2) is 25.1 Å². The first-order valence-electron chi connectivity index (χ1n) is 7.44. The summed E-state index contributed by atoms with van der Waals surface area (Å²) in [6.07, 6.45) is 0.732. The van der Waals surface area contributed by atoms with E-state index < -0.39 is 0 Å². The Morgan fingerprint density at radius 3 is 2.09 bits per heavy atom. The standard InChI is InChI=1S/C20H20Cl2N/c1-23(2,15-9-12-17-10-5-3-6-11-17)16-19(21)20(22)18-13-7-4-8-14-18/h3-8,10-11,13-14H,12,16H2,1-2H3/q+1. The van der Waals surface area contributed by atoms with E-state index in [2.05, 4.69) is 24.1 Å². The van der Waals surface area contributed by atoms with E-state index in [0.29, 0.717) is 21.1 Å². The molecule has 118 valence electrons. The zero-order valence-corrected chi connectivity index (χ0v) is 14.9. The predicted molar refractivity (Wildman–Crippen MR) is 100.0 cm³/mol. The van der Waals surface area contributed by atoms with E-state index in [1.807, 2.05) is 62.6 Å². The normalized spacial score (nSPS) is 12.2. The second-order valence-corrected chi connectivity index (χ2v) is 6.71. The van der Waals surface area contributed by atoms with Crippen LogP contribution in [0, 0.1) is 12.0 Å². The van der Waals surface area contributed by atoms with Gasteiger partial charge in [0.15, 0.2) is 0 Å². The number of likely N-dealkylation sites (N-methyl/N-ethyl adjacent to an activating group) is 1. The molecule has 0 heterocycles. The Balaban J connectivity index is 2.06. The topological polar surface area (TPSA) is 0 Å². The molecule has 3 heteroatoms. The van der Waals surface area contributed by atoms with E-state index in [0.717, 1.165) is 12.0 Å². The second-order valence-electron chi connectivity index (χ2n) is 5.88. The number of hydrogen-bond donors (Lipinski definition) is 0. The van der Waals surface area contributed by atoms with Gasteiger partial charge in [-0.05, 0) is 17.0 Å². The number of rotatable bonds is 4. The molecule has 0 aliphatic heterocycles. The van der Waals surface area contributed by atoms with E-state index >= 15 is 0 Å². The SMILES string of the molecule is C[N+](C)(C#CCc1ccccc1)CC(Cl)=C(Cl)c1ccccc1. The van der Waals surface area contributed by atoms with Crippen molar-refractivity contribution in [2.75, 3.05) is 20.6 Å². The molecule has 0 aliphatic rings. The van der Waals surface area contributed by atoms with Crippen LogP contribution in [0.5, 0.6) is 0 Å². The van der Waals surface area contributed by atoms with E-state index in [9.17, 15) is 0 Å². The molecule has 0 amide bonds. The molecule has 23 heavy (non-hydrogen) atoms. The molecular formula is C20H20Cl2N+. The van der Waals surface area contributed by atoms with E-state index in [-0.39, 0.29) is 0 Å². The third-order valence-corrected chi connectivity index (χ3v) is 4.17. The zero-order valence-electron chi connectivity index (χ0n) is 13.4. The van der Waals surface area contributed by atoms with Crippen LogP contribution in [0.3, 0.4) is 0 Å². The van der Waals surface area contributed by atoms with Crippen LogP contribution in [-0.2, 0) is 6.42 Å². The molecule has 2 rings (SSSR count). The van der Waals surface area contributed by atoms with Gasteiger partial charge >= 0.3 is 0 Å². The minimum absolute atomic E-state index is 0.467. The fraction of sp³-hybridized carbons (Fsp3) is 0.200. The molecule has 0 atom stereocenters. The molecule has 2 aromatic rings. The Morgan fingerprint density at radius 2 is 1.48 bits per heavy atom. The van der Waals surface area contributed by atoms with Crippen LogP contribution in [0.2, 0.25) is 0 Å². The van der Waals surface area contributed by atoms with Crippen molar-refractivity contribution in [2.24, 2.45) is 0 Å². The van der Waals surface area contributed by atoms with Crippen LogP contribution in [0.25, 0.3) is 5.03 Å². The summed E-state index contributed by atoms with van der Waals surface area (Å²) in [5.74, 6) is 3.22. The maximum atomic E-state index is 6.41. The molecule has 0 N–H and O–H groups in total. The number of hydrogen-bond acceptors (Lipinski definition) is 0. The lowest BCUT2D eigenvalue weighted by Crippen LogP contribution is -2.35. The number of quaternary nitrogens is 1. The first-order chi connectivity index (χ1) is 11.0. The molecule has 0 unspecified atom stereocenters. The molecular weight excluding hydrogens is 325 g/mol. The van der Waals surface area contributed by atoms with Gasteiger partial charge < -0.3 is 0 Å². The summed E-state index contributed by atoms with van der Waals surface area (Å²) in [4.78, 5) is 0. The Morgan fingerprint density at radius 1 is 0.913 bits per heavy atom. The fourth-order valence-corrected chi connectivity index (χ4v) is 2.74. The van der Waals surface area contributed by atoms with Crippen molar-refractivity contribution in [3.05, 3.63) is 76.8 Å². The van der Waals surface area contributed by atoms with Crippen molar-refractivity contribution in [1.29, 1.82) is 0 Å². The molecule has 0 aliphatic carbocycles. The average molecular weight is 345 g/mol. The van der Waals surface area contributed by atoms with Gasteiger partial charge in [-0.15, -0.1) is 0 Å². The molecule has 1 nitrogen and oxygen atoms in total. The highest BCUT2D eigenvalue weighted by Gasteiger charge is 2.17. The maximum absolute atomic E-state index is 6.41. The van der Waals surface area contributed by atoms with Crippen LogP contribution >= 0.6 is 23.2 Å². The molecule has 0 saturated heterocycles. The Hall–Kier alpha value is -1.72. The molecule has 2 aromatic carbocycles. The van der Waals surface area contributed by atoms with Crippen molar-refractivity contribution in [1.82, 2.24) is 0 Å². The molecule has 0 aromatic heterocycles. The summed E-state index contributed by atoms with van der Waals surface area (Å²) in [6.45, 7) is 0.567. The summed E-state index contributed by atoms with van der Waals surface area (Å²) in [5.41, 5.74) is 2.14. The Bertz CT molecular complexity index is 722. The minimum atomic E-state index is 0.467. The van der Waals surface area contributed by atoms with E-state index in [4.69, 9.17) is 23.2 Å². The predicted octanol–water partition coefficient (Wildman–Crippen LogP) is 5.11. The lowest BCUT2D eigenvalue weighted by Gasteiger charge is -2.21. The lowest BCUT2D eigenvalue weighted by atomic mass is 10.2. The molecule has 0 radical (unpaired) electrons. The molecule has 0 saturated carbocycles. The first kappa shape index (κ1) is 17.6. The largest absolute Gasteiger partial charge is 0.247 e. The zero-order chi connectivity index (χ0) is 16.7. The number of halogens is 2. The van der Waals surface area contributed by atoms with Crippen LogP contribution in [0.4, 0.5) is 0 Å². The van der Waals surface area contributed by atoms with Gasteiger partial charge in [-0.25, -0.2) is 4.48 Å². The first-order valence-corrected chi connectivity index (χ1v) is 8.20. The van der Waals surface area contributed by atoms with Crippen molar-refractivity contribution in [3.63, 3.8) is 0 Å². The van der Waals surface area contributed by atoms with Gasteiger partial charge in [0, 0.05) is 6.42 Å². The van der Waals surface area contributed by atoms with E-state index in [1.165, 1.54) is 5.56 Å². The maximum Gasteiger partial charge on any atom is 0.137 e. The van der Waals surface area contributed by atoms with Gasteiger partial charge in [-0.3, -0.25) is 0 Å². The third-order valence-electron chi connectivity index (χ3n) is 3.32. The summed E-state index contributed by atoms with van der Waals surface area (Å²) < 4.78 is 0.467. The van der Waals surface area contributed by atoms with Crippen LogP contribution in [0.15, 0.2) is 65.7 Å². The number of benzene rings is 2.